The maximum Gasteiger partial charge on any atom is 0.324 e. The van der Waals surface area contributed by atoms with Crippen molar-refractivity contribution < 1.29 is 17.9 Å². The lowest BCUT2D eigenvalue weighted by molar-refractivity contribution is -0.148. The summed E-state index contributed by atoms with van der Waals surface area (Å²) in [6.07, 6.45) is 2.70. The molecule has 0 amide bonds. The second-order valence-corrected chi connectivity index (χ2v) is 8.26. The molecule has 0 aliphatic carbocycles. The van der Waals surface area contributed by atoms with E-state index in [1.165, 1.54) is 4.31 Å². The quantitative estimate of drug-likeness (QED) is 0.708. The maximum absolute atomic E-state index is 13.1. The Morgan fingerprint density at radius 3 is 2.74 bits per heavy atom. The summed E-state index contributed by atoms with van der Waals surface area (Å²) < 4.78 is 33.4. The van der Waals surface area contributed by atoms with Crippen LogP contribution in [-0.2, 0) is 26.0 Å². The topological polar surface area (TPSA) is 63.7 Å². The molecule has 1 aliphatic rings. The molecule has 0 spiro atoms. The average molecular weight is 404 g/mol. The minimum Gasteiger partial charge on any atom is -0.465 e. The van der Waals surface area contributed by atoms with E-state index >= 15 is 0 Å². The number of ether oxygens (including phenoxy) is 1. The highest BCUT2D eigenvalue weighted by atomic mass is 79.9. The van der Waals surface area contributed by atoms with Crippen LogP contribution >= 0.6 is 15.9 Å². The van der Waals surface area contributed by atoms with E-state index in [1.807, 2.05) is 13.0 Å². The fourth-order valence-electron chi connectivity index (χ4n) is 2.87. The number of hydrogen-bond donors (Lipinski definition) is 0. The molecule has 1 atom stereocenters. The Balaban J connectivity index is 2.42. The maximum atomic E-state index is 13.1. The lowest BCUT2D eigenvalue weighted by atomic mass is 10.1. The fraction of sp³-hybridized carbons (Fsp3) is 0.562. The molecule has 0 saturated carbocycles. The predicted octanol–water partition coefficient (Wildman–Crippen LogP) is 3.12. The summed E-state index contributed by atoms with van der Waals surface area (Å²) in [7, 11) is -3.72. The monoisotopic (exact) mass is 403 g/mol. The van der Waals surface area contributed by atoms with Gasteiger partial charge in [0.25, 0.3) is 0 Å². The molecule has 1 unspecified atom stereocenters. The molecule has 0 N–H and O–H groups in total. The predicted molar refractivity (Wildman–Crippen MR) is 91.7 cm³/mol. The van der Waals surface area contributed by atoms with Crippen LogP contribution in [0.1, 0.15) is 38.7 Å². The molecule has 1 fully saturated rings. The molecule has 1 aromatic carbocycles. The molecule has 0 bridgehead atoms. The van der Waals surface area contributed by atoms with Crippen LogP contribution in [0.15, 0.2) is 27.6 Å². The first-order valence-corrected chi connectivity index (χ1v) is 10.1. The number of piperidine rings is 1. The van der Waals surface area contributed by atoms with Gasteiger partial charge in [-0.25, -0.2) is 8.42 Å². The van der Waals surface area contributed by atoms with Gasteiger partial charge in [0.15, 0.2) is 0 Å². The summed E-state index contributed by atoms with van der Waals surface area (Å²) in [5.74, 6) is -0.453. The summed E-state index contributed by atoms with van der Waals surface area (Å²) in [6, 6.07) is 4.42. The van der Waals surface area contributed by atoms with E-state index in [2.05, 4.69) is 15.9 Å². The Labute approximate surface area is 146 Å². The van der Waals surface area contributed by atoms with Crippen LogP contribution in [0.5, 0.6) is 0 Å². The summed E-state index contributed by atoms with van der Waals surface area (Å²) in [5.41, 5.74) is 0.743. The summed E-state index contributed by atoms with van der Waals surface area (Å²) >= 11 is 3.37. The zero-order valence-corrected chi connectivity index (χ0v) is 15.8. The number of carbonyl (C=O) groups excluding carboxylic acids is 1. The number of hydrogen-bond acceptors (Lipinski definition) is 4. The third-order valence-corrected chi connectivity index (χ3v) is 6.50. The van der Waals surface area contributed by atoms with Gasteiger partial charge < -0.3 is 4.74 Å². The molecule has 7 heteroatoms. The van der Waals surface area contributed by atoms with Crippen LogP contribution in [0.4, 0.5) is 0 Å². The smallest absolute Gasteiger partial charge is 0.324 e. The molecule has 1 aromatic rings. The number of sulfonamides is 1. The first-order chi connectivity index (χ1) is 10.9. The van der Waals surface area contributed by atoms with E-state index in [0.29, 0.717) is 19.4 Å². The van der Waals surface area contributed by atoms with Gasteiger partial charge in [-0.2, -0.15) is 4.31 Å². The zero-order chi connectivity index (χ0) is 17.0. The number of halogens is 1. The third kappa shape index (κ3) is 3.95. The molecule has 128 valence electrons. The lowest BCUT2D eigenvalue weighted by Crippen LogP contribution is -2.48. The van der Waals surface area contributed by atoms with E-state index in [9.17, 15) is 13.2 Å². The van der Waals surface area contributed by atoms with Gasteiger partial charge in [0.2, 0.25) is 10.0 Å². The van der Waals surface area contributed by atoms with Crippen molar-refractivity contribution >= 4 is 31.9 Å². The summed E-state index contributed by atoms with van der Waals surface area (Å²) in [5, 5.41) is 0. The molecule has 1 aliphatic heterocycles. The molecule has 23 heavy (non-hydrogen) atoms. The molecule has 0 radical (unpaired) electrons. The van der Waals surface area contributed by atoms with E-state index in [4.69, 9.17) is 4.74 Å². The normalized spacial score (nSPS) is 19.5. The molecule has 1 heterocycles. The van der Waals surface area contributed by atoms with Crippen molar-refractivity contribution in [2.75, 3.05) is 13.2 Å². The summed E-state index contributed by atoms with van der Waals surface area (Å²) in [4.78, 5) is 12.4. The van der Waals surface area contributed by atoms with Crippen molar-refractivity contribution in [3.63, 3.8) is 0 Å². The van der Waals surface area contributed by atoms with Crippen LogP contribution in [0.2, 0.25) is 0 Å². The van der Waals surface area contributed by atoms with Crippen LogP contribution < -0.4 is 0 Å². The summed E-state index contributed by atoms with van der Waals surface area (Å²) in [6.45, 7) is 4.25. The standard InChI is InChI=1S/C16H22BrNO4S/c1-3-12-11-13(17)8-9-15(12)23(20,21)18-10-6-5-7-14(18)16(19)22-4-2/h8-9,11,14H,3-7,10H2,1-2H3. The Kier molecular flexibility index (Phi) is 6.22. The highest BCUT2D eigenvalue weighted by molar-refractivity contribution is 9.10. The van der Waals surface area contributed by atoms with Gasteiger partial charge in [-0.15, -0.1) is 0 Å². The van der Waals surface area contributed by atoms with E-state index in [-0.39, 0.29) is 11.5 Å². The van der Waals surface area contributed by atoms with Crippen molar-refractivity contribution in [2.45, 2.75) is 50.5 Å². The molecule has 0 aromatic heterocycles. The Morgan fingerprint density at radius 2 is 2.09 bits per heavy atom. The van der Waals surface area contributed by atoms with Crippen molar-refractivity contribution in [3.8, 4) is 0 Å². The van der Waals surface area contributed by atoms with Crippen molar-refractivity contribution in [1.29, 1.82) is 0 Å². The van der Waals surface area contributed by atoms with Gasteiger partial charge in [-0.3, -0.25) is 4.79 Å². The van der Waals surface area contributed by atoms with Crippen LogP contribution in [0, 0.1) is 0 Å². The first-order valence-electron chi connectivity index (χ1n) is 7.88. The van der Waals surface area contributed by atoms with Crippen LogP contribution in [0.25, 0.3) is 0 Å². The number of aryl methyl sites for hydroxylation is 1. The number of esters is 1. The van der Waals surface area contributed by atoms with Gasteiger partial charge in [-0.05, 0) is 56.4 Å². The van der Waals surface area contributed by atoms with Gasteiger partial charge in [-0.1, -0.05) is 22.9 Å². The molecule has 2 rings (SSSR count). The van der Waals surface area contributed by atoms with E-state index < -0.39 is 22.0 Å². The van der Waals surface area contributed by atoms with Crippen LogP contribution in [-0.4, -0.2) is 37.9 Å². The fourth-order valence-corrected chi connectivity index (χ4v) is 5.20. The number of carbonyl (C=O) groups is 1. The molecular formula is C16H22BrNO4S. The Hall–Kier alpha value is -0.920. The number of benzene rings is 1. The first kappa shape index (κ1) is 18.4. The molecular weight excluding hydrogens is 382 g/mol. The van der Waals surface area contributed by atoms with Crippen molar-refractivity contribution in [1.82, 2.24) is 4.31 Å². The average Bonchev–Trinajstić information content (AvgIpc) is 2.54. The van der Waals surface area contributed by atoms with E-state index in [0.717, 1.165) is 22.9 Å². The lowest BCUT2D eigenvalue weighted by Gasteiger charge is -2.33. The van der Waals surface area contributed by atoms with Crippen LogP contribution in [0.3, 0.4) is 0 Å². The van der Waals surface area contributed by atoms with Gasteiger partial charge in [0, 0.05) is 11.0 Å². The second kappa shape index (κ2) is 7.77. The number of nitrogens with zero attached hydrogens (tertiary/aromatic N) is 1. The Bertz CT molecular complexity index is 675. The largest absolute Gasteiger partial charge is 0.465 e. The van der Waals surface area contributed by atoms with Gasteiger partial charge in [0.1, 0.15) is 6.04 Å². The highest BCUT2D eigenvalue weighted by Crippen LogP contribution is 2.29. The SMILES string of the molecule is CCOC(=O)C1CCCCN1S(=O)(=O)c1ccc(Br)cc1CC. The third-order valence-electron chi connectivity index (χ3n) is 4.00. The zero-order valence-electron chi connectivity index (χ0n) is 13.4. The van der Waals surface area contributed by atoms with E-state index in [1.54, 1.807) is 19.1 Å². The molecule has 5 nitrogen and oxygen atoms in total. The Morgan fingerprint density at radius 1 is 1.35 bits per heavy atom. The van der Waals surface area contributed by atoms with Crippen molar-refractivity contribution in [2.24, 2.45) is 0 Å². The highest BCUT2D eigenvalue weighted by Gasteiger charge is 2.39. The molecule has 1 saturated heterocycles. The number of rotatable bonds is 5. The van der Waals surface area contributed by atoms with Crippen molar-refractivity contribution in [3.05, 3.63) is 28.2 Å². The minimum absolute atomic E-state index is 0.252. The van der Waals surface area contributed by atoms with Gasteiger partial charge >= 0.3 is 5.97 Å². The van der Waals surface area contributed by atoms with Gasteiger partial charge in [0.05, 0.1) is 11.5 Å². The minimum atomic E-state index is -3.72. The second-order valence-electron chi connectivity index (χ2n) is 5.48.